The fraction of sp³-hybridized carbons (Fsp3) is 0.0306. The number of nitrogens with zero attached hydrogens (tertiary/aromatic N) is 10. The fourth-order valence-corrected chi connectivity index (χ4v) is 16.7. The zero-order valence-corrected chi connectivity index (χ0v) is 63.3. The molecule has 0 radical (unpaired) electrons. The number of hydrogen-bond donors (Lipinski definition) is 0. The standard InChI is InChI=1S/C30H18ClN3.C27H19ClN2.C24H15ClN2.C17H10ClN3/c31-30-32-28(24-16-14-19-8-4-5-11-22(19)29(24)33-30)20-15-17-27-25(18-20)23-12-6-7-13-26(23)34(27)21-9-2-1-3-10-21;1-27(2)22-10-6-5-9-19(22)20-13-12-17(15-23(20)27)24-21-14-11-16-7-3-4-8-18(16)25(21)30-26(28)29-24;25-24-26-22(19-11-6-10-18(15-19)16-7-2-1-3-8-16)21-14-13-17-9-4-5-12-20(17)23(21)27-24;18-17-20-15-12-6-2-1-5-11(12)8-9-13(15)16(21-17)14-7-3-4-10-19-14/h1-18H;3-15H,1-2H3;1-15H;1-10H. The third kappa shape index (κ3) is 12.7. The first-order valence-electron chi connectivity index (χ1n) is 36.8. The van der Waals surface area contributed by atoms with Gasteiger partial charge in [0.2, 0.25) is 21.1 Å². The molecular formula is C98H62Cl4N10. The molecule has 0 saturated heterocycles. The van der Waals surface area contributed by atoms with E-state index in [2.05, 4.69) is 294 Å². The van der Waals surface area contributed by atoms with E-state index in [1.807, 2.05) is 103 Å². The summed E-state index contributed by atoms with van der Waals surface area (Å²) in [5.41, 5.74) is 21.8. The van der Waals surface area contributed by atoms with Crippen LogP contribution in [0.5, 0.6) is 0 Å². The summed E-state index contributed by atoms with van der Waals surface area (Å²) in [5.74, 6) is 0. The van der Waals surface area contributed by atoms with Crippen LogP contribution in [0.4, 0.5) is 0 Å². The molecule has 0 bridgehead atoms. The summed E-state index contributed by atoms with van der Waals surface area (Å²) in [5, 5.41) is 16.3. The van der Waals surface area contributed by atoms with E-state index in [9.17, 15) is 0 Å². The van der Waals surface area contributed by atoms with Crippen LogP contribution in [0, 0.1) is 0 Å². The SMILES string of the molecule is CC1(C)c2ccccc2-c2ccc(-c3nc(Cl)nc4c3ccc3ccccc34)cc21.Clc1nc(-c2ccc3c(c2)c2ccccc2n3-c2ccccc2)c2ccc3ccccc3c2n1.Clc1nc(-c2cccc(-c3ccccc3)c2)c2ccc3ccccc3c2n1.Clc1nc(-c2ccccn2)c2ccc3ccccc3c2n1. The molecule has 21 aromatic rings. The number of hydrogen-bond acceptors (Lipinski definition) is 9. The van der Waals surface area contributed by atoms with Crippen LogP contribution in [0.3, 0.4) is 0 Å². The van der Waals surface area contributed by atoms with Gasteiger partial charge in [0.15, 0.2) is 0 Å². The van der Waals surface area contributed by atoms with Crippen molar-refractivity contribution in [2.45, 2.75) is 19.3 Å². The Labute approximate surface area is 664 Å². The Bertz CT molecular complexity index is 7300. The molecule has 1 aliphatic rings. The van der Waals surface area contributed by atoms with Crippen LogP contribution in [-0.4, -0.2) is 49.4 Å². The van der Waals surface area contributed by atoms with Gasteiger partial charge in [0.25, 0.3) is 0 Å². The summed E-state index contributed by atoms with van der Waals surface area (Å²) >= 11 is 25.3. The van der Waals surface area contributed by atoms with Gasteiger partial charge in [-0.3, -0.25) is 4.98 Å². The van der Waals surface area contributed by atoms with Gasteiger partial charge < -0.3 is 4.57 Å². The van der Waals surface area contributed by atoms with E-state index in [0.29, 0.717) is 0 Å². The second-order valence-corrected chi connectivity index (χ2v) is 29.5. The van der Waals surface area contributed by atoms with Crippen molar-refractivity contribution in [3.63, 3.8) is 0 Å². The maximum absolute atomic E-state index is 6.45. The van der Waals surface area contributed by atoms with Crippen LogP contribution in [0.2, 0.25) is 21.1 Å². The van der Waals surface area contributed by atoms with Gasteiger partial charge in [-0.2, -0.15) is 0 Å². The zero-order valence-electron chi connectivity index (χ0n) is 60.3. The second kappa shape index (κ2) is 29.0. The molecule has 10 nitrogen and oxygen atoms in total. The van der Waals surface area contributed by atoms with Crippen molar-refractivity contribution in [3.05, 3.63) is 372 Å². The fourth-order valence-electron chi connectivity index (χ4n) is 16.0. The molecule has 14 heteroatoms. The highest BCUT2D eigenvalue weighted by atomic mass is 35.5. The van der Waals surface area contributed by atoms with Gasteiger partial charge in [0, 0.05) is 87.9 Å². The lowest BCUT2D eigenvalue weighted by Crippen LogP contribution is -2.14. The van der Waals surface area contributed by atoms with E-state index >= 15 is 0 Å². The average molecular weight is 1520 g/mol. The molecule has 6 aromatic heterocycles. The van der Waals surface area contributed by atoms with Crippen LogP contribution >= 0.6 is 46.4 Å². The average Bonchev–Trinajstić information content (AvgIpc) is 1.54. The third-order valence-corrected chi connectivity index (χ3v) is 21.9. The Morgan fingerprint density at radius 3 is 1.17 bits per heavy atom. The number of benzene rings is 15. The molecular weight excluding hydrogens is 1460 g/mol. The van der Waals surface area contributed by atoms with E-state index in [1.54, 1.807) is 6.20 Å². The highest BCUT2D eigenvalue weighted by Gasteiger charge is 2.35. The number of halogens is 4. The van der Waals surface area contributed by atoms with Crippen molar-refractivity contribution in [2.75, 3.05) is 0 Å². The highest BCUT2D eigenvalue weighted by Crippen LogP contribution is 2.50. The lowest BCUT2D eigenvalue weighted by atomic mass is 9.82. The maximum Gasteiger partial charge on any atom is 0.223 e. The molecule has 0 spiro atoms. The first-order chi connectivity index (χ1) is 54.9. The smallest absolute Gasteiger partial charge is 0.223 e. The molecule has 6 heterocycles. The summed E-state index contributed by atoms with van der Waals surface area (Å²) in [6.45, 7) is 4.58. The first-order valence-corrected chi connectivity index (χ1v) is 38.3. The topological polar surface area (TPSA) is 121 Å². The summed E-state index contributed by atoms with van der Waals surface area (Å²) in [6.07, 6.45) is 1.75. The molecule has 22 rings (SSSR count). The number of para-hydroxylation sites is 2. The molecule has 0 atom stereocenters. The third-order valence-electron chi connectivity index (χ3n) is 21.2. The van der Waals surface area contributed by atoms with E-state index < -0.39 is 0 Å². The largest absolute Gasteiger partial charge is 0.309 e. The van der Waals surface area contributed by atoms with Crippen molar-refractivity contribution in [3.8, 4) is 73.1 Å². The molecule has 0 aliphatic heterocycles. The summed E-state index contributed by atoms with van der Waals surface area (Å²) in [7, 11) is 0. The quantitative estimate of drug-likeness (QED) is 0.118. The summed E-state index contributed by atoms with van der Waals surface area (Å²) in [4.78, 5) is 40.8. The lowest BCUT2D eigenvalue weighted by Gasteiger charge is -2.22. The minimum atomic E-state index is -0.0543. The molecule has 0 fully saturated rings. The molecule has 532 valence electrons. The summed E-state index contributed by atoms with van der Waals surface area (Å²) < 4.78 is 2.31. The lowest BCUT2D eigenvalue weighted by molar-refractivity contribution is 0.660. The Kier molecular flexibility index (Phi) is 17.9. The van der Waals surface area contributed by atoms with Crippen LogP contribution < -0.4 is 0 Å². The van der Waals surface area contributed by atoms with Crippen LogP contribution in [0.1, 0.15) is 25.0 Å². The number of rotatable bonds is 6. The Morgan fingerprint density at radius 1 is 0.250 bits per heavy atom. The predicted molar refractivity (Wildman–Crippen MR) is 465 cm³/mol. The van der Waals surface area contributed by atoms with Crippen molar-refractivity contribution in [1.82, 2.24) is 49.4 Å². The van der Waals surface area contributed by atoms with Gasteiger partial charge in [0.1, 0.15) is 5.69 Å². The minimum absolute atomic E-state index is 0.0543. The van der Waals surface area contributed by atoms with Crippen molar-refractivity contribution < 1.29 is 0 Å². The van der Waals surface area contributed by atoms with Crippen molar-refractivity contribution in [2.24, 2.45) is 0 Å². The van der Waals surface area contributed by atoms with E-state index in [0.717, 1.165) is 149 Å². The monoisotopic (exact) mass is 1520 g/mol. The Morgan fingerprint density at radius 2 is 0.643 bits per heavy atom. The molecule has 0 saturated carbocycles. The van der Waals surface area contributed by atoms with E-state index in [1.165, 1.54) is 44.1 Å². The predicted octanol–water partition coefficient (Wildman–Crippen LogP) is 26.9. The van der Waals surface area contributed by atoms with Gasteiger partial charge in [-0.05, 0) is 180 Å². The zero-order chi connectivity index (χ0) is 75.6. The molecule has 0 amide bonds. The van der Waals surface area contributed by atoms with Gasteiger partial charge in [-0.15, -0.1) is 0 Å². The van der Waals surface area contributed by atoms with Gasteiger partial charge >= 0.3 is 0 Å². The van der Waals surface area contributed by atoms with Crippen molar-refractivity contribution in [1.29, 1.82) is 0 Å². The first kappa shape index (κ1) is 69.3. The molecule has 0 N–H and O–H groups in total. The number of aromatic nitrogens is 10. The molecule has 0 unspecified atom stereocenters. The van der Waals surface area contributed by atoms with Crippen LogP contribution in [0.25, 0.3) is 182 Å². The van der Waals surface area contributed by atoms with Crippen LogP contribution in [-0.2, 0) is 5.41 Å². The van der Waals surface area contributed by atoms with E-state index in [-0.39, 0.29) is 26.5 Å². The number of fused-ring (bicyclic) bond motifs is 18. The Hall–Kier alpha value is -13.2. The van der Waals surface area contributed by atoms with Gasteiger partial charge in [-0.25, -0.2) is 39.9 Å². The molecule has 15 aromatic carbocycles. The molecule has 112 heavy (non-hydrogen) atoms. The number of pyridine rings is 1. The maximum atomic E-state index is 6.45. The van der Waals surface area contributed by atoms with Gasteiger partial charge in [0.05, 0.1) is 55.9 Å². The summed E-state index contributed by atoms with van der Waals surface area (Å²) in [6, 6.07) is 115. The highest BCUT2D eigenvalue weighted by molar-refractivity contribution is 6.31. The van der Waals surface area contributed by atoms with Crippen molar-refractivity contribution >= 4 is 155 Å². The van der Waals surface area contributed by atoms with Crippen LogP contribution in [0.15, 0.2) is 340 Å². The Balaban J connectivity index is 0.000000102. The minimum Gasteiger partial charge on any atom is -0.309 e. The normalized spacial score (nSPS) is 12.1. The second-order valence-electron chi connectivity index (χ2n) is 28.1. The van der Waals surface area contributed by atoms with Gasteiger partial charge in [-0.1, -0.05) is 269 Å². The molecule has 1 aliphatic carbocycles. The van der Waals surface area contributed by atoms with E-state index in [4.69, 9.17) is 46.4 Å².